The number of halogens is 1. The summed E-state index contributed by atoms with van der Waals surface area (Å²) in [5.41, 5.74) is 16.5. The summed E-state index contributed by atoms with van der Waals surface area (Å²) in [6, 6.07) is 13.1. The normalized spacial score (nSPS) is 16.0. The van der Waals surface area contributed by atoms with Gasteiger partial charge in [0.1, 0.15) is 0 Å². The molecule has 1 aliphatic heterocycles. The number of hydrogen-bond acceptors (Lipinski definition) is 6. The Morgan fingerprint density at radius 2 is 1.71 bits per heavy atom. The molecule has 0 bridgehead atoms. The molecule has 0 fully saturated rings. The molecule has 28 heavy (non-hydrogen) atoms. The molecule has 7 N–H and O–H groups in total. The van der Waals surface area contributed by atoms with Crippen molar-refractivity contribution in [3.05, 3.63) is 64.3 Å². The van der Waals surface area contributed by atoms with E-state index in [1.54, 1.807) is 11.1 Å². The van der Waals surface area contributed by atoms with E-state index in [2.05, 4.69) is 10.1 Å². The third-order valence-electron chi connectivity index (χ3n) is 4.31. The number of nitrogens with two attached hydrogens (primary N) is 3. The van der Waals surface area contributed by atoms with Crippen LogP contribution in [-0.4, -0.2) is 29.1 Å². The summed E-state index contributed by atoms with van der Waals surface area (Å²) < 4.78 is 0. The standard InChI is InChI=1S/C18H21ClN6O.C2H6/c1-11(20)17-15-7-2-12(18(21)23-26)10-16(15)24(8-9-25(17)22)14-5-3-13(19)4-6-14;1-2/h2-7,10,26H,8-9,20,22H2,1H3,(H2,21,23);1-2H3/b17-11-;. The van der Waals surface area contributed by atoms with Crippen molar-refractivity contribution in [2.75, 3.05) is 18.0 Å². The highest BCUT2D eigenvalue weighted by atomic mass is 35.5. The van der Waals surface area contributed by atoms with Crippen LogP contribution in [0.4, 0.5) is 11.4 Å². The largest absolute Gasteiger partial charge is 0.409 e. The van der Waals surface area contributed by atoms with E-state index < -0.39 is 0 Å². The number of hydrazine groups is 1. The lowest BCUT2D eigenvalue weighted by atomic mass is 10.0. The first-order valence-electron chi connectivity index (χ1n) is 9.06. The number of nitrogens with zero attached hydrogens (tertiary/aromatic N) is 3. The zero-order valence-corrected chi connectivity index (χ0v) is 17.1. The van der Waals surface area contributed by atoms with Crippen molar-refractivity contribution < 1.29 is 5.21 Å². The van der Waals surface area contributed by atoms with E-state index in [0.29, 0.717) is 29.4 Å². The zero-order valence-electron chi connectivity index (χ0n) is 16.4. The van der Waals surface area contributed by atoms with Gasteiger partial charge in [-0.3, -0.25) is 0 Å². The number of amidine groups is 1. The van der Waals surface area contributed by atoms with Crippen LogP contribution in [0.3, 0.4) is 0 Å². The molecule has 0 aromatic heterocycles. The van der Waals surface area contributed by atoms with Crippen LogP contribution < -0.4 is 22.2 Å². The first-order valence-corrected chi connectivity index (χ1v) is 9.44. The Balaban J connectivity index is 0.00000136. The molecule has 7 nitrogen and oxygen atoms in total. The van der Waals surface area contributed by atoms with Gasteiger partial charge in [-0.1, -0.05) is 36.7 Å². The lowest BCUT2D eigenvalue weighted by molar-refractivity contribution is 0.318. The van der Waals surface area contributed by atoms with E-state index in [-0.39, 0.29) is 5.84 Å². The number of allylic oxidation sites excluding steroid dienone is 1. The van der Waals surface area contributed by atoms with E-state index in [9.17, 15) is 0 Å². The molecule has 8 heteroatoms. The van der Waals surface area contributed by atoms with Gasteiger partial charge in [0.2, 0.25) is 0 Å². The minimum atomic E-state index is 0.0349. The molecule has 0 saturated carbocycles. The van der Waals surface area contributed by atoms with Crippen molar-refractivity contribution in [2.45, 2.75) is 20.8 Å². The molecule has 0 amide bonds. The van der Waals surface area contributed by atoms with Gasteiger partial charge in [-0.15, -0.1) is 0 Å². The summed E-state index contributed by atoms with van der Waals surface area (Å²) in [6.07, 6.45) is 0. The summed E-state index contributed by atoms with van der Waals surface area (Å²) in [5.74, 6) is 6.28. The molecule has 2 aromatic rings. The average molecular weight is 403 g/mol. The lowest BCUT2D eigenvalue weighted by Crippen LogP contribution is -2.34. The smallest absolute Gasteiger partial charge is 0.170 e. The quantitative estimate of drug-likeness (QED) is 0.201. The van der Waals surface area contributed by atoms with Crippen LogP contribution >= 0.6 is 11.6 Å². The molecule has 0 radical (unpaired) electrons. The summed E-state index contributed by atoms with van der Waals surface area (Å²) >= 11 is 6.03. The maximum absolute atomic E-state index is 9.02. The number of oxime groups is 1. The van der Waals surface area contributed by atoms with Crippen molar-refractivity contribution in [2.24, 2.45) is 22.5 Å². The van der Waals surface area contributed by atoms with Gasteiger partial charge in [0.25, 0.3) is 0 Å². The Kier molecular flexibility index (Phi) is 7.14. The van der Waals surface area contributed by atoms with Crippen LogP contribution in [0.15, 0.2) is 53.3 Å². The Morgan fingerprint density at radius 3 is 2.29 bits per heavy atom. The molecular formula is C20H27ClN6O. The van der Waals surface area contributed by atoms with Crippen molar-refractivity contribution >= 4 is 34.5 Å². The van der Waals surface area contributed by atoms with Crippen LogP contribution in [0.25, 0.3) is 5.70 Å². The Labute approximate surface area is 170 Å². The van der Waals surface area contributed by atoms with Crippen LogP contribution in [0.2, 0.25) is 5.02 Å². The van der Waals surface area contributed by atoms with Gasteiger partial charge >= 0.3 is 0 Å². The highest BCUT2D eigenvalue weighted by Gasteiger charge is 2.25. The van der Waals surface area contributed by atoms with Gasteiger partial charge in [0, 0.05) is 34.1 Å². The highest BCUT2D eigenvalue weighted by Crippen LogP contribution is 2.37. The van der Waals surface area contributed by atoms with E-state index in [1.165, 1.54) is 0 Å². The number of rotatable bonds is 2. The number of anilines is 2. The fourth-order valence-electron chi connectivity index (χ4n) is 3.10. The molecule has 0 saturated heterocycles. The summed E-state index contributed by atoms with van der Waals surface area (Å²) in [6.45, 7) is 7.01. The third kappa shape index (κ3) is 4.32. The van der Waals surface area contributed by atoms with Gasteiger partial charge in [-0.05, 0) is 43.3 Å². The summed E-state index contributed by atoms with van der Waals surface area (Å²) in [7, 11) is 0. The molecule has 1 heterocycles. The molecule has 150 valence electrons. The number of hydrogen-bond donors (Lipinski definition) is 4. The van der Waals surface area contributed by atoms with E-state index >= 15 is 0 Å². The molecule has 0 atom stereocenters. The predicted molar refractivity (Wildman–Crippen MR) is 116 cm³/mol. The van der Waals surface area contributed by atoms with Gasteiger partial charge in [0.05, 0.1) is 17.9 Å². The number of fused-ring (bicyclic) bond motifs is 1. The zero-order chi connectivity index (χ0) is 20.8. The average Bonchev–Trinajstić information content (AvgIpc) is 2.85. The maximum Gasteiger partial charge on any atom is 0.170 e. The topological polar surface area (TPSA) is 117 Å². The molecule has 0 unspecified atom stereocenters. The maximum atomic E-state index is 9.02. The van der Waals surface area contributed by atoms with Crippen molar-refractivity contribution in [1.82, 2.24) is 5.01 Å². The summed E-state index contributed by atoms with van der Waals surface area (Å²) in [5, 5.41) is 14.4. The first kappa shape index (κ1) is 21.4. The van der Waals surface area contributed by atoms with Crippen molar-refractivity contribution in [1.29, 1.82) is 0 Å². The van der Waals surface area contributed by atoms with Crippen LogP contribution in [0.5, 0.6) is 0 Å². The van der Waals surface area contributed by atoms with Gasteiger partial charge < -0.3 is 26.6 Å². The molecule has 1 aliphatic rings. The predicted octanol–water partition coefficient (Wildman–Crippen LogP) is 3.44. The minimum Gasteiger partial charge on any atom is -0.409 e. The first-order chi connectivity index (χ1) is 13.4. The Bertz CT molecular complexity index is 875. The third-order valence-corrected chi connectivity index (χ3v) is 4.56. The fourth-order valence-corrected chi connectivity index (χ4v) is 3.22. The Hall–Kier alpha value is -2.90. The Morgan fingerprint density at radius 1 is 1.07 bits per heavy atom. The molecular weight excluding hydrogens is 376 g/mol. The van der Waals surface area contributed by atoms with Gasteiger partial charge in [-0.25, -0.2) is 5.84 Å². The second kappa shape index (κ2) is 9.34. The van der Waals surface area contributed by atoms with Crippen LogP contribution in [0.1, 0.15) is 31.9 Å². The second-order valence-corrected chi connectivity index (χ2v) is 6.51. The fraction of sp³-hybridized carbons (Fsp3) is 0.250. The van der Waals surface area contributed by atoms with Crippen molar-refractivity contribution in [3.63, 3.8) is 0 Å². The monoisotopic (exact) mass is 402 g/mol. The SMILES string of the molecule is C/C(N)=C1\c2ccc(/C(N)=N/O)cc2N(c2ccc(Cl)cc2)CCN1N.CC. The minimum absolute atomic E-state index is 0.0349. The molecule has 0 aliphatic carbocycles. The molecule has 0 spiro atoms. The molecule has 2 aromatic carbocycles. The van der Waals surface area contributed by atoms with Gasteiger partial charge in [0.15, 0.2) is 5.84 Å². The van der Waals surface area contributed by atoms with Crippen molar-refractivity contribution in [3.8, 4) is 0 Å². The van der Waals surface area contributed by atoms with Gasteiger partial charge in [-0.2, -0.15) is 0 Å². The van der Waals surface area contributed by atoms with Crippen LogP contribution in [0, 0.1) is 0 Å². The van der Waals surface area contributed by atoms with E-state index in [1.807, 2.05) is 57.2 Å². The van der Waals surface area contributed by atoms with E-state index in [4.69, 9.17) is 34.1 Å². The summed E-state index contributed by atoms with van der Waals surface area (Å²) in [4.78, 5) is 2.11. The second-order valence-electron chi connectivity index (χ2n) is 6.07. The number of benzene rings is 2. The molecule has 3 rings (SSSR count). The lowest BCUT2D eigenvalue weighted by Gasteiger charge is -2.25. The van der Waals surface area contributed by atoms with Crippen LogP contribution in [-0.2, 0) is 0 Å². The van der Waals surface area contributed by atoms with E-state index in [0.717, 1.165) is 22.6 Å². The highest BCUT2D eigenvalue weighted by molar-refractivity contribution is 6.30.